The lowest BCUT2D eigenvalue weighted by Gasteiger charge is -2.17. The molecule has 1 N–H and O–H groups in total. The van der Waals surface area contributed by atoms with E-state index >= 15 is 0 Å². The van der Waals surface area contributed by atoms with E-state index in [1.54, 1.807) is 0 Å². The van der Waals surface area contributed by atoms with Crippen LogP contribution in [-0.2, 0) is 0 Å². The normalized spacial score (nSPS) is 18.0. The van der Waals surface area contributed by atoms with Crippen LogP contribution >= 0.6 is 23.2 Å². The van der Waals surface area contributed by atoms with Crippen LogP contribution in [0, 0.1) is 5.92 Å². The minimum atomic E-state index is -0.482. The average Bonchev–Trinajstić information content (AvgIpc) is 1.84. The van der Waals surface area contributed by atoms with E-state index in [1.165, 1.54) is 0 Å². The lowest BCUT2D eigenvalue weighted by molar-refractivity contribution is 0.126. The predicted molar refractivity (Wildman–Crippen MR) is 41.2 cm³/mol. The van der Waals surface area contributed by atoms with E-state index in [1.807, 2.05) is 13.8 Å². The van der Waals surface area contributed by atoms with Crippen molar-refractivity contribution in [2.24, 2.45) is 5.92 Å². The summed E-state index contributed by atoms with van der Waals surface area (Å²) in [5.41, 5.74) is 0. The lowest BCUT2D eigenvalue weighted by Crippen LogP contribution is -2.27. The van der Waals surface area contributed by atoms with Crippen LogP contribution in [-0.4, -0.2) is 22.5 Å². The molecule has 0 aromatic rings. The number of alkyl halides is 2. The number of aliphatic hydroxyl groups excluding tert-OH is 1. The first-order valence-electron chi connectivity index (χ1n) is 2.97. The standard InChI is InChI=1S/C6H12Cl2O/c1-4(2)6(9)5(8)3-7/h4-6,9H,3H2,1-2H3. The van der Waals surface area contributed by atoms with Gasteiger partial charge in [0.05, 0.1) is 11.5 Å². The van der Waals surface area contributed by atoms with Gasteiger partial charge in [-0.2, -0.15) is 0 Å². The van der Waals surface area contributed by atoms with Crippen molar-refractivity contribution in [1.29, 1.82) is 0 Å². The summed E-state index contributed by atoms with van der Waals surface area (Å²) in [7, 11) is 0. The van der Waals surface area contributed by atoms with Gasteiger partial charge in [-0.05, 0) is 5.92 Å². The Hall–Kier alpha value is 0.540. The third-order valence-electron chi connectivity index (χ3n) is 1.20. The quantitative estimate of drug-likeness (QED) is 0.642. The Morgan fingerprint density at radius 3 is 2.00 bits per heavy atom. The topological polar surface area (TPSA) is 20.2 Å². The molecule has 0 rings (SSSR count). The maximum absolute atomic E-state index is 9.18. The Morgan fingerprint density at radius 2 is 1.89 bits per heavy atom. The summed E-state index contributed by atoms with van der Waals surface area (Å²) >= 11 is 11.0. The summed E-state index contributed by atoms with van der Waals surface area (Å²) in [5.74, 6) is 0.493. The highest BCUT2D eigenvalue weighted by Gasteiger charge is 2.18. The third-order valence-corrected chi connectivity index (χ3v) is 2.10. The average molecular weight is 171 g/mol. The van der Waals surface area contributed by atoms with Gasteiger partial charge in [0.15, 0.2) is 0 Å². The van der Waals surface area contributed by atoms with Gasteiger partial charge < -0.3 is 5.11 Å². The number of hydrogen-bond acceptors (Lipinski definition) is 1. The van der Waals surface area contributed by atoms with E-state index < -0.39 is 6.10 Å². The summed E-state index contributed by atoms with van der Waals surface area (Å²) < 4.78 is 0. The molecule has 3 heteroatoms. The molecule has 0 aliphatic carbocycles. The van der Waals surface area contributed by atoms with Gasteiger partial charge in [0.25, 0.3) is 0 Å². The monoisotopic (exact) mass is 170 g/mol. The fourth-order valence-electron chi connectivity index (χ4n) is 0.509. The molecule has 0 amide bonds. The van der Waals surface area contributed by atoms with Crippen molar-refractivity contribution in [3.8, 4) is 0 Å². The molecule has 0 spiro atoms. The Labute approximate surface area is 66.0 Å². The highest BCUT2D eigenvalue weighted by Crippen LogP contribution is 2.12. The first kappa shape index (κ1) is 9.54. The Bertz CT molecular complexity index is 75.5. The van der Waals surface area contributed by atoms with Crippen LogP contribution in [0.1, 0.15) is 13.8 Å². The molecule has 0 heterocycles. The van der Waals surface area contributed by atoms with Crippen LogP contribution in [0.15, 0.2) is 0 Å². The van der Waals surface area contributed by atoms with Gasteiger partial charge in [-0.3, -0.25) is 0 Å². The molecular formula is C6H12Cl2O. The van der Waals surface area contributed by atoms with Gasteiger partial charge in [0.1, 0.15) is 0 Å². The van der Waals surface area contributed by atoms with Crippen molar-refractivity contribution < 1.29 is 5.11 Å². The largest absolute Gasteiger partial charge is 0.391 e. The molecule has 0 aliphatic heterocycles. The van der Waals surface area contributed by atoms with Crippen molar-refractivity contribution in [2.75, 3.05) is 5.88 Å². The third kappa shape index (κ3) is 3.29. The van der Waals surface area contributed by atoms with Crippen LogP contribution in [0.4, 0.5) is 0 Å². The Morgan fingerprint density at radius 1 is 1.44 bits per heavy atom. The highest BCUT2D eigenvalue weighted by atomic mass is 35.5. The van der Waals surface area contributed by atoms with Gasteiger partial charge in [-0.15, -0.1) is 23.2 Å². The molecule has 1 nitrogen and oxygen atoms in total. The van der Waals surface area contributed by atoms with Gasteiger partial charge in [0, 0.05) is 5.88 Å². The van der Waals surface area contributed by atoms with Crippen LogP contribution in [0.3, 0.4) is 0 Å². The zero-order chi connectivity index (χ0) is 7.44. The number of aliphatic hydroxyl groups is 1. The van der Waals surface area contributed by atoms with Crippen molar-refractivity contribution in [2.45, 2.75) is 25.3 Å². The van der Waals surface area contributed by atoms with Gasteiger partial charge in [0.2, 0.25) is 0 Å². The zero-order valence-electron chi connectivity index (χ0n) is 5.64. The van der Waals surface area contributed by atoms with E-state index in [4.69, 9.17) is 23.2 Å². The second kappa shape index (κ2) is 4.37. The molecule has 2 unspecified atom stereocenters. The fraction of sp³-hybridized carbons (Fsp3) is 1.00. The fourth-order valence-corrected chi connectivity index (χ4v) is 0.982. The predicted octanol–water partition coefficient (Wildman–Crippen LogP) is 1.85. The summed E-state index contributed by atoms with van der Waals surface area (Å²) in [6.07, 6.45) is -0.482. The number of rotatable bonds is 3. The summed E-state index contributed by atoms with van der Waals surface area (Å²) in [6, 6.07) is 0. The molecule has 0 saturated heterocycles. The van der Waals surface area contributed by atoms with Crippen LogP contribution in [0.2, 0.25) is 0 Å². The van der Waals surface area contributed by atoms with Gasteiger partial charge >= 0.3 is 0 Å². The Balaban J connectivity index is 3.58. The van der Waals surface area contributed by atoms with Crippen molar-refractivity contribution in [3.05, 3.63) is 0 Å². The van der Waals surface area contributed by atoms with Gasteiger partial charge in [-0.25, -0.2) is 0 Å². The zero-order valence-corrected chi connectivity index (χ0v) is 7.15. The minimum absolute atomic E-state index is 0.186. The van der Waals surface area contributed by atoms with Crippen molar-refractivity contribution >= 4 is 23.2 Å². The summed E-state index contributed by atoms with van der Waals surface area (Å²) in [5, 5.41) is 8.87. The molecule has 0 saturated carbocycles. The van der Waals surface area contributed by atoms with E-state index in [2.05, 4.69) is 0 Å². The first-order valence-corrected chi connectivity index (χ1v) is 3.94. The molecule has 2 atom stereocenters. The smallest absolute Gasteiger partial charge is 0.0738 e. The SMILES string of the molecule is CC(C)C(O)C(Cl)CCl. The van der Waals surface area contributed by atoms with Crippen molar-refractivity contribution in [3.63, 3.8) is 0 Å². The minimum Gasteiger partial charge on any atom is -0.391 e. The van der Waals surface area contributed by atoms with Crippen LogP contribution < -0.4 is 0 Å². The molecule has 9 heavy (non-hydrogen) atoms. The molecule has 0 fully saturated rings. The summed E-state index contributed by atoms with van der Waals surface area (Å²) in [4.78, 5) is 0. The second-order valence-corrected chi connectivity index (χ2v) is 3.27. The van der Waals surface area contributed by atoms with E-state index in [9.17, 15) is 5.11 Å². The van der Waals surface area contributed by atoms with Crippen LogP contribution in [0.25, 0.3) is 0 Å². The molecule has 0 aliphatic rings. The summed E-state index contributed by atoms with van der Waals surface area (Å²) in [6.45, 7) is 3.82. The molecule has 0 aromatic heterocycles. The lowest BCUT2D eigenvalue weighted by atomic mass is 10.1. The Kier molecular flexibility index (Phi) is 4.63. The van der Waals surface area contributed by atoms with E-state index in [0.29, 0.717) is 5.88 Å². The second-order valence-electron chi connectivity index (χ2n) is 2.40. The first-order chi connectivity index (χ1) is 4.09. The molecular weight excluding hydrogens is 159 g/mol. The molecule has 0 bridgehead atoms. The van der Waals surface area contributed by atoms with E-state index in [-0.39, 0.29) is 11.3 Å². The van der Waals surface area contributed by atoms with Crippen molar-refractivity contribution in [1.82, 2.24) is 0 Å². The maximum atomic E-state index is 9.18. The highest BCUT2D eigenvalue weighted by molar-refractivity contribution is 6.28. The maximum Gasteiger partial charge on any atom is 0.0738 e. The molecule has 56 valence electrons. The molecule has 0 aromatic carbocycles. The van der Waals surface area contributed by atoms with Gasteiger partial charge in [-0.1, -0.05) is 13.8 Å². The van der Waals surface area contributed by atoms with Crippen LogP contribution in [0.5, 0.6) is 0 Å². The van der Waals surface area contributed by atoms with E-state index in [0.717, 1.165) is 0 Å². The molecule has 0 radical (unpaired) electrons. The number of halogens is 2. The number of hydrogen-bond donors (Lipinski definition) is 1.